The molecular weight excluding hydrogens is 500 g/mol. The lowest BCUT2D eigenvalue weighted by molar-refractivity contribution is -0.133. The molecule has 0 aromatic rings. The van der Waals surface area contributed by atoms with E-state index in [1.54, 1.807) is 4.90 Å². The van der Waals surface area contributed by atoms with Crippen LogP contribution in [0.1, 0.15) is 91.4 Å². The second kappa shape index (κ2) is 11.7. The average molecular weight is 555 g/mol. The van der Waals surface area contributed by atoms with Crippen molar-refractivity contribution in [3.63, 3.8) is 0 Å². The van der Waals surface area contributed by atoms with Gasteiger partial charge in [0.1, 0.15) is 0 Å². The average Bonchev–Trinajstić information content (AvgIpc) is 3.19. The third kappa shape index (κ3) is 6.28. The quantitative estimate of drug-likeness (QED) is 0.380. The maximum Gasteiger partial charge on any atom is 0.266 e. The zero-order valence-electron chi connectivity index (χ0n) is 24.6. The molecule has 8 heteroatoms. The van der Waals surface area contributed by atoms with Gasteiger partial charge in [-0.1, -0.05) is 20.8 Å². The highest BCUT2D eigenvalue weighted by Crippen LogP contribution is 2.68. The van der Waals surface area contributed by atoms with E-state index in [4.69, 9.17) is 0 Å². The topological polar surface area (TPSA) is 98.2 Å². The molecule has 0 bridgehead atoms. The Kier molecular flexibility index (Phi) is 9.28. The Balaban J connectivity index is 1.37. The Bertz CT molecular complexity index is 941. The van der Waals surface area contributed by atoms with E-state index in [1.807, 2.05) is 19.0 Å². The summed E-state index contributed by atoms with van der Waals surface area (Å²) in [6, 6.07) is 0. The number of amides is 1. The number of carbonyl (C=O) groups is 1. The summed E-state index contributed by atoms with van der Waals surface area (Å²) >= 11 is 0. The first-order valence-corrected chi connectivity index (χ1v) is 16.9. The SMILES string of the molecule is CC(CCC(=O)N(CCN(C)C)CCS(=O)(=O)O)C1CCC2C3CCC4CC(O)CCC4(C)C3CCC12C. The zero-order chi connectivity index (χ0) is 27.9. The Morgan fingerprint density at radius 3 is 2.32 bits per heavy atom. The highest BCUT2D eigenvalue weighted by atomic mass is 32.2. The molecule has 2 N–H and O–H groups in total. The molecule has 4 aliphatic rings. The van der Waals surface area contributed by atoms with Crippen molar-refractivity contribution < 1.29 is 22.9 Å². The van der Waals surface area contributed by atoms with Crippen molar-refractivity contribution >= 4 is 16.0 Å². The fourth-order valence-corrected chi connectivity index (χ4v) is 10.3. The smallest absolute Gasteiger partial charge is 0.266 e. The van der Waals surface area contributed by atoms with Crippen molar-refractivity contribution in [1.29, 1.82) is 0 Å². The first-order valence-electron chi connectivity index (χ1n) is 15.3. The Labute approximate surface area is 231 Å². The molecule has 4 aliphatic carbocycles. The summed E-state index contributed by atoms with van der Waals surface area (Å²) in [5, 5.41) is 10.3. The van der Waals surface area contributed by atoms with Crippen molar-refractivity contribution in [1.82, 2.24) is 9.80 Å². The molecule has 0 aromatic heterocycles. The third-order valence-corrected chi connectivity index (χ3v) is 12.7. The molecule has 4 rings (SSSR count). The molecular formula is C30H54N2O5S. The lowest BCUT2D eigenvalue weighted by Gasteiger charge is -2.61. The van der Waals surface area contributed by atoms with Gasteiger partial charge in [-0.25, -0.2) is 0 Å². The van der Waals surface area contributed by atoms with Gasteiger partial charge >= 0.3 is 0 Å². The van der Waals surface area contributed by atoms with Gasteiger partial charge in [0.2, 0.25) is 5.91 Å². The fourth-order valence-electron chi connectivity index (χ4n) is 9.83. The zero-order valence-corrected chi connectivity index (χ0v) is 25.4. The Hall–Kier alpha value is -0.700. The van der Waals surface area contributed by atoms with Crippen LogP contribution in [0.15, 0.2) is 0 Å². The van der Waals surface area contributed by atoms with Gasteiger partial charge in [-0.3, -0.25) is 9.35 Å². The molecule has 0 saturated heterocycles. The molecule has 9 unspecified atom stereocenters. The number of fused-ring (bicyclic) bond motifs is 5. The van der Waals surface area contributed by atoms with Crippen LogP contribution in [0.5, 0.6) is 0 Å². The van der Waals surface area contributed by atoms with E-state index in [0.717, 1.165) is 37.0 Å². The van der Waals surface area contributed by atoms with Crippen molar-refractivity contribution in [2.75, 3.05) is 39.5 Å². The summed E-state index contributed by atoms with van der Waals surface area (Å²) in [6.07, 6.45) is 12.1. The lowest BCUT2D eigenvalue weighted by Crippen LogP contribution is -2.54. The molecule has 9 atom stereocenters. The first-order chi connectivity index (χ1) is 17.7. The second-order valence-corrected chi connectivity index (χ2v) is 15.9. The van der Waals surface area contributed by atoms with Crippen molar-refractivity contribution in [2.24, 2.45) is 46.3 Å². The molecule has 1 amide bonds. The molecule has 38 heavy (non-hydrogen) atoms. The number of hydrogen-bond donors (Lipinski definition) is 2. The van der Waals surface area contributed by atoms with Crippen LogP contribution in [0.2, 0.25) is 0 Å². The molecule has 0 aliphatic heterocycles. The molecule has 4 saturated carbocycles. The number of aliphatic hydroxyl groups excluding tert-OH is 1. The minimum absolute atomic E-state index is 0.00325. The van der Waals surface area contributed by atoms with Gasteiger partial charge in [-0.05, 0) is 125 Å². The number of aliphatic hydroxyl groups is 1. The molecule has 0 radical (unpaired) electrons. The summed E-state index contributed by atoms with van der Waals surface area (Å²) in [7, 11) is -0.233. The minimum atomic E-state index is -4.10. The molecule has 0 spiro atoms. The standard InChI is InChI=1S/C30H54N2O5S/c1-21(6-11-28(34)32(17-16-31(4)5)18-19-38(35,36)37)25-9-10-26-24-8-7-22-20-23(33)12-14-29(22,2)27(24)13-15-30(25,26)3/h21-27,33H,6-20H2,1-5H3,(H,35,36,37). The summed E-state index contributed by atoms with van der Waals surface area (Å²) in [5.41, 5.74) is 0.744. The van der Waals surface area contributed by atoms with E-state index >= 15 is 0 Å². The predicted octanol–water partition coefficient (Wildman–Crippen LogP) is 4.70. The highest BCUT2D eigenvalue weighted by molar-refractivity contribution is 7.85. The van der Waals surface area contributed by atoms with Crippen LogP contribution in [0, 0.1) is 46.3 Å². The van der Waals surface area contributed by atoms with Crippen LogP contribution >= 0.6 is 0 Å². The maximum absolute atomic E-state index is 13.1. The fraction of sp³-hybridized carbons (Fsp3) is 0.967. The number of carbonyl (C=O) groups excluding carboxylic acids is 1. The van der Waals surface area contributed by atoms with Crippen molar-refractivity contribution in [3.8, 4) is 0 Å². The van der Waals surface area contributed by atoms with Crippen LogP contribution in [0.3, 0.4) is 0 Å². The lowest BCUT2D eigenvalue weighted by atomic mass is 9.44. The van der Waals surface area contributed by atoms with Crippen LogP contribution < -0.4 is 0 Å². The number of rotatable bonds is 10. The molecule has 4 fully saturated rings. The summed E-state index contributed by atoms with van der Waals surface area (Å²) in [6.45, 7) is 8.62. The molecule has 0 heterocycles. The van der Waals surface area contributed by atoms with E-state index in [2.05, 4.69) is 20.8 Å². The van der Waals surface area contributed by atoms with Crippen LogP contribution in [-0.2, 0) is 14.9 Å². The highest BCUT2D eigenvalue weighted by Gasteiger charge is 2.60. The summed E-state index contributed by atoms with van der Waals surface area (Å²) in [4.78, 5) is 16.7. The summed E-state index contributed by atoms with van der Waals surface area (Å²) < 4.78 is 31.8. The Morgan fingerprint density at radius 2 is 1.63 bits per heavy atom. The number of hydrogen-bond acceptors (Lipinski definition) is 5. The van der Waals surface area contributed by atoms with E-state index in [9.17, 15) is 22.9 Å². The van der Waals surface area contributed by atoms with Crippen LogP contribution in [0.4, 0.5) is 0 Å². The van der Waals surface area contributed by atoms with Gasteiger partial charge < -0.3 is 14.9 Å². The third-order valence-electron chi connectivity index (χ3n) is 12.0. The van der Waals surface area contributed by atoms with Gasteiger partial charge in [0.15, 0.2) is 0 Å². The molecule has 0 aromatic carbocycles. The van der Waals surface area contributed by atoms with Gasteiger partial charge in [-0.15, -0.1) is 0 Å². The van der Waals surface area contributed by atoms with Gasteiger partial charge in [-0.2, -0.15) is 8.42 Å². The van der Waals surface area contributed by atoms with Gasteiger partial charge in [0.05, 0.1) is 11.9 Å². The van der Waals surface area contributed by atoms with E-state index in [0.29, 0.717) is 48.1 Å². The first kappa shape index (κ1) is 30.3. The largest absolute Gasteiger partial charge is 0.393 e. The number of likely N-dealkylation sites (N-methyl/N-ethyl adjacent to an activating group) is 1. The van der Waals surface area contributed by atoms with E-state index in [-0.39, 0.29) is 18.6 Å². The van der Waals surface area contributed by atoms with E-state index in [1.165, 1.54) is 44.9 Å². The monoisotopic (exact) mass is 554 g/mol. The normalized spacial score (nSPS) is 39.8. The van der Waals surface area contributed by atoms with Gasteiger partial charge in [0.25, 0.3) is 10.1 Å². The predicted molar refractivity (Wildman–Crippen MR) is 151 cm³/mol. The van der Waals surface area contributed by atoms with Crippen molar-refractivity contribution in [2.45, 2.75) is 97.5 Å². The van der Waals surface area contributed by atoms with Gasteiger partial charge in [0, 0.05) is 26.1 Å². The number of nitrogens with zero attached hydrogens (tertiary/aromatic N) is 2. The molecule has 220 valence electrons. The second-order valence-electron chi connectivity index (χ2n) is 14.3. The van der Waals surface area contributed by atoms with Crippen molar-refractivity contribution in [3.05, 3.63) is 0 Å². The minimum Gasteiger partial charge on any atom is -0.393 e. The van der Waals surface area contributed by atoms with Crippen LogP contribution in [0.25, 0.3) is 0 Å². The van der Waals surface area contributed by atoms with E-state index < -0.39 is 15.9 Å². The molecule has 7 nitrogen and oxygen atoms in total. The van der Waals surface area contributed by atoms with Crippen LogP contribution in [-0.4, -0.2) is 79.4 Å². The maximum atomic E-state index is 13.1. The Morgan fingerprint density at radius 1 is 0.947 bits per heavy atom. The summed E-state index contributed by atoms with van der Waals surface area (Å²) in [5.74, 6) is 3.76.